The highest BCUT2D eigenvalue weighted by Crippen LogP contribution is 2.34. The van der Waals surface area contributed by atoms with Crippen molar-refractivity contribution in [3.05, 3.63) is 88.6 Å². The number of hydrogen-bond donors (Lipinski definition) is 2. The highest BCUT2D eigenvalue weighted by Gasteiger charge is 2.31. The number of hydrogen-bond acceptors (Lipinski definition) is 6. The lowest BCUT2D eigenvalue weighted by Crippen LogP contribution is -2.41. The second-order valence-electron chi connectivity index (χ2n) is 10.5. The Hall–Kier alpha value is -3.49. The number of anilines is 3. The van der Waals surface area contributed by atoms with Crippen molar-refractivity contribution in [3.63, 3.8) is 0 Å². The minimum atomic E-state index is -0.585. The lowest BCUT2D eigenvalue weighted by atomic mass is 10.1. The van der Waals surface area contributed by atoms with Gasteiger partial charge in [-0.1, -0.05) is 6.07 Å². The summed E-state index contributed by atoms with van der Waals surface area (Å²) in [7, 11) is 5.09. The van der Waals surface area contributed by atoms with Crippen molar-refractivity contribution < 1.29 is 9.18 Å². The first-order valence-electron chi connectivity index (χ1n) is 13.1. The number of fused-ring (bicyclic) bond motifs is 1. The Bertz CT molecular complexity index is 1900. The molecule has 2 N–H and O–H groups in total. The van der Waals surface area contributed by atoms with Crippen molar-refractivity contribution >= 4 is 69.0 Å². The van der Waals surface area contributed by atoms with E-state index in [1.807, 2.05) is 22.6 Å². The first-order valence-corrected chi connectivity index (χ1v) is 14.2. The molecule has 4 aromatic rings. The van der Waals surface area contributed by atoms with Crippen LogP contribution in [0.1, 0.15) is 31.4 Å². The number of carbonyl (C=O) groups excluding carboxylic acids is 1. The minimum Gasteiger partial charge on any atom is -0.338 e. The second kappa shape index (κ2) is 12.0. The van der Waals surface area contributed by atoms with Crippen molar-refractivity contribution in [1.82, 2.24) is 18.6 Å². The second-order valence-corrected chi connectivity index (χ2v) is 11.8. The molecule has 222 valence electrons. The normalized spacial score (nSPS) is 13.6. The summed E-state index contributed by atoms with van der Waals surface area (Å²) in [6.07, 6.45) is 1.33. The van der Waals surface area contributed by atoms with Crippen LogP contribution in [0.5, 0.6) is 0 Å². The summed E-state index contributed by atoms with van der Waals surface area (Å²) in [4.78, 5) is 55.9. The number of rotatable bonds is 7. The predicted octanol–water partition coefficient (Wildman–Crippen LogP) is 4.29. The number of pyridine rings is 1. The average Bonchev–Trinajstić information content (AvgIpc) is 3.76. The molecular weight excluding hydrogens is 678 g/mol. The molecule has 2 aromatic carbocycles. The Morgan fingerprint density at radius 3 is 2.40 bits per heavy atom. The molecule has 1 aliphatic carbocycles. The van der Waals surface area contributed by atoms with Crippen LogP contribution >= 0.6 is 35.0 Å². The summed E-state index contributed by atoms with van der Waals surface area (Å²) in [5.41, 5.74) is -0.383. The van der Waals surface area contributed by atoms with E-state index < -0.39 is 28.7 Å². The molecule has 1 aliphatic rings. The van der Waals surface area contributed by atoms with Gasteiger partial charge in [-0.15, -0.1) is 12.4 Å². The van der Waals surface area contributed by atoms with Crippen LogP contribution < -0.4 is 27.4 Å². The van der Waals surface area contributed by atoms with E-state index in [4.69, 9.17) is 0 Å². The monoisotopic (exact) mass is 708 g/mol. The van der Waals surface area contributed by atoms with Crippen LogP contribution in [0.2, 0.25) is 0 Å². The number of carbonyl (C=O) groups is 1. The predicted molar refractivity (Wildman–Crippen MR) is 173 cm³/mol. The number of benzene rings is 2. The molecule has 2 heterocycles. The SMILES string of the molecule is Cc1c(=O)n(C)c(Nc2ccc(I)cc2F)c2c(=O)n(C3CC3)c(=O)n(-c3cccc(NC(=O)[C@H](C)N(C)C)c3)c12.Cl. The minimum absolute atomic E-state index is 0. The van der Waals surface area contributed by atoms with Gasteiger partial charge in [0.05, 0.1) is 22.9 Å². The number of aryl methyl sites for hydroxylation is 1. The summed E-state index contributed by atoms with van der Waals surface area (Å²) in [5.74, 6) is -0.708. The molecule has 42 heavy (non-hydrogen) atoms. The van der Waals surface area contributed by atoms with Gasteiger partial charge in [0.25, 0.3) is 11.1 Å². The molecule has 5 rings (SSSR count). The Morgan fingerprint density at radius 1 is 1.10 bits per heavy atom. The van der Waals surface area contributed by atoms with Crippen LogP contribution in [-0.2, 0) is 11.8 Å². The fourth-order valence-electron chi connectivity index (χ4n) is 4.78. The maximum absolute atomic E-state index is 14.9. The fourth-order valence-corrected chi connectivity index (χ4v) is 5.23. The van der Waals surface area contributed by atoms with Gasteiger partial charge in [0, 0.05) is 27.9 Å². The first-order chi connectivity index (χ1) is 19.4. The summed E-state index contributed by atoms with van der Waals surface area (Å²) >= 11 is 2.00. The number of nitrogens with zero attached hydrogens (tertiary/aromatic N) is 4. The molecule has 1 amide bonds. The van der Waals surface area contributed by atoms with E-state index in [-0.39, 0.29) is 52.3 Å². The van der Waals surface area contributed by atoms with E-state index in [1.54, 1.807) is 63.2 Å². The van der Waals surface area contributed by atoms with E-state index in [0.29, 0.717) is 27.8 Å². The van der Waals surface area contributed by atoms with E-state index in [0.717, 1.165) is 0 Å². The molecule has 0 radical (unpaired) electrons. The molecule has 0 spiro atoms. The largest absolute Gasteiger partial charge is 0.338 e. The van der Waals surface area contributed by atoms with Gasteiger partial charge >= 0.3 is 5.69 Å². The van der Waals surface area contributed by atoms with Crippen LogP contribution in [0.15, 0.2) is 56.8 Å². The van der Waals surface area contributed by atoms with Gasteiger partial charge in [0.15, 0.2) is 0 Å². The summed E-state index contributed by atoms with van der Waals surface area (Å²) in [6.45, 7) is 3.33. The van der Waals surface area contributed by atoms with Crippen LogP contribution in [-0.4, -0.2) is 44.6 Å². The van der Waals surface area contributed by atoms with Crippen molar-refractivity contribution in [1.29, 1.82) is 0 Å². The summed E-state index contributed by atoms with van der Waals surface area (Å²) in [6, 6.07) is 10.6. The molecule has 1 saturated carbocycles. The van der Waals surface area contributed by atoms with Gasteiger partial charge in [-0.05, 0) is 99.8 Å². The third-order valence-electron chi connectivity index (χ3n) is 7.47. The highest BCUT2D eigenvalue weighted by atomic mass is 127. The molecule has 0 bridgehead atoms. The lowest BCUT2D eigenvalue weighted by Gasteiger charge is -2.21. The van der Waals surface area contributed by atoms with Crippen molar-refractivity contribution in [2.75, 3.05) is 24.7 Å². The van der Waals surface area contributed by atoms with Crippen LogP contribution in [0.25, 0.3) is 16.6 Å². The van der Waals surface area contributed by atoms with Gasteiger partial charge < -0.3 is 10.6 Å². The zero-order valence-electron chi connectivity index (χ0n) is 23.7. The Kier molecular flexibility index (Phi) is 9.00. The quantitative estimate of drug-likeness (QED) is 0.278. The molecule has 10 nitrogen and oxygen atoms in total. The first kappa shape index (κ1) is 31.4. The van der Waals surface area contributed by atoms with E-state index in [9.17, 15) is 23.6 Å². The van der Waals surface area contributed by atoms with Crippen molar-refractivity contribution in [2.24, 2.45) is 7.05 Å². The Balaban J connectivity index is 0.00000405. The van der Waals surface area contributed by atoms with Gasteiger partial charge in [-0.25, -0.2) is 9.18 Å². The van der Waals surface area contributed by atoms with Crippen molar-refractivity contribution in [3.8, 4) is 5.69 Å². The molecule has 2 aromatic heterocycles. The van der Waals surface area contributed by atoms with E-state index >= 15 is 0 Å². The number of aromatic nitrogens is 3. The molecule has 1 atom stereocenters. The fraction of sp³-hybridized carbons (Fsp3) is 0.310. The molecule has 13 heteroatoms. The van der Waals surface area contributed by atoms with Crippen molar-refractivity contribution in [2.45, 2.75) is 38.8 Å². The van der Waals surface area contributed by atoms with Gasteiger partial charge in [-0.3, -0.25) is 33.0 Å². The molecule has 0 unspecified atom stereocenters. The number of likely N-dealkylation sites (N-methyl/N-ethyl adjacent to an activating group) is 1. The summed E-state index contributed by atoms with van der Waals surface area (Å²) in [5, 5.41) is 5.91. The standard InChI is InChI=1S/C29H30FIN6O4.ClH/c1-15-24-23(25(35(5)27(15)39)33-22-12-9-17(31)13-21(22)30)28(40)37(19-10-11-19)29(41)36(24)20-8-6-7-18(14-20)32-26(38)16(2)34(3)4;/h6-9,12-14,16,19,33H,10-11H2,1-5H3,(H,32,38);1H/t16-;/m0./s1. The zero-order valence-corrected chi connectivity index (χ0v) is 26.7. The number of amides is 1. The highest BCUT2D eigenvalue weighted by molar-refractivity contribution is 14.1. The zero-order chi connectivity index (χ0) is 29.7. The third-order valence-corrected chi connectivity index (χ3v) is 8.14. The van der Waals surface area contributed by atoms with Crippen LogP contribution in [0.3, 0.4) is 0 Å². The summed E-state index contributed by atoms with van der Waals surface area (Å²) < 4.78 is 19.4. The third kappa shape index (κ3) is 5.62. The Labute approximate surface area is 260 Å². The smallest absolute Gasteiger partial charge is 0.336 e. The molecule has 1 fully saturated rings. The average molecular weight is 709 g/mol. The van der Waals surface area contributed by atoms with E-state index in [1.165, 1.54) is 32.9 Å². The van der Waals surface area contributed by atoms with Crippen LogP contribution in [0, 0.1) is 16.3 Å². The maximum Gasteiger partial charge on any atom is 0.336 e. The number of nitrogens with one attached hydrogen (secondary N) is 2. The molecule has 0 aliphatic heterocycles. The topological polar surface area (TPSA) is 110 Å². The number of halogens is 3. The maximum atomic E-state index is 14.9. The lowest BCUT2D eigenvalue weighted by molar-refractivity contribution is -0.119. The van der Waals surface area contributed by atoms with Gasteiger partial charge in [-0.2, -0.15) is 0 Å². The van der Waals surface area contributed by atoms with E-state index in [2.05, 4.69) is 10.6 Å². The molecule has 0 saturated heterocycles. The van der Waals surface area contributed by atoms with Gasteiger partial charge in [0.2, 0.25) is 5.91 Å². The Morgan fingerprint density at radius 2 is 1.79 bits per heavy atom. The molecular formula is C29H31ClFIN6O4. The van der Waals surface area contributed by atoms with Gasteiger partial charge in [0.1, 0.15) is 17.0 Å². The van der Waals surface area contributed by atoms with Crippen LogP contribution in [0.4, 0.5) is 21.6 Å².